The molecule has 0 bridgehead atoms. The summed E-state index contributed by atoms with van der Waals surface area (Å²) in [6.45, 7) is 9.24. The molecule has 0 aliphatic carbocycles. The van der Waals surface area contributed by atoms with Gasteiger partial charge in [0.15, 0.2) is 0 Å². The zero-order valence-electron chi connectivity index (χ0n) is 21.3. The molecule has 174 valence electrons. The number of benzene rings is 4. The summed E-state index contributed by atoms with van der Waals surface area (Å²) in [5.74, 6) is 0. The molecule has 4 aromatic carbocycles. The standard InChI is InChI=1S/C21H23N.2C6H5.Sb/c1-15-16-10-6-7-11-17(16)19(21(2,3)4)14-18(15)20-12-8-9-13-22(20)5;2*1-2-4-6-5-3-1;/h6-7,9-14H,1-5H3;2*1-5H;/q+1;;;. The van der Waals surface area contributed by atoms with Gasteiger partial charge in [-0.1, -0.05) is 0 Å². The maximum absolute atomic E-state index is 2.48. The predicted octanol–water partition coefficient (Wildman–Crippen LogP) is 5.45. The summed E-state index contributed by atoms with van der Waals surface area (Å²) in [5.41, 5.74) is 5.44. The number of hydrogen-bond donors (Lipinski definition) is 0. The summed E-state index contributed by atoms with van der Waals surface area (Å²) < 4.78 is 6.77. The number of fused-ring (bicyclic) bond motifs is 1. The molecule has 0 atom stereocenters. The molecule has 35 heavy (non-hydrogen) atoms. The molecule has 1 heterocycles. The van der Waals surface area contributed by atoms with Crippen LogP contribution in [0.1, 0.15) is 31.9 Å². The third-order valence-corrected chi connectivity index (χ3v) is 13.7. The van der Waals surface area contributed by atoms with Crippen molar-refractivity contribution in [2.24, 2.45) is 7.05 Å². The molecule has 0 N–H and O–H groups in total. The van der Waals surface area contributed by atoms with Gasteiger partial charge in [0.25, 0.3) is 0 Å². The van der Waals surface area contributed by atoms with Gasteiger partial charge in [-0.3, -0.25) is 0 Å². The van der Waals surface area contributed by atoms with E-state index in [2.05, 4.69) is 149 Å². The Morgan fingerprint density at radius 2 is 1.17 bits per heavy atom. The van der Waals surface area contributed by atoms with Crippen LogP contribution in [-0.2, 0) is 12.5 Å². The molecule has 0 radical (unpaired) electrons. The fourth-order valence-electron chi connectivity index (χ4n) is 4.97. The Labute approximate surface area is 217 Å². The van der Waals surface area contributed by atoms with Gasteiger partial charge in [0, 0.05) is 0 Å². The van der Waals surface area contributed by atoms with E-state index in [1.54, 1.807) is 0 Å². The molecule has 1 nitrogen and oxygen atoms in total. The van der Waals surface area contributed by atoms with Crippen LogP contribution in [0, 0.1) is 6.92 Å². The Balaban J connectivity index is 1.75. The van der Waals surface area contributed by atoms with Crippen LogP contribution in [0.4, 0.5) is 0 Å². The molecular formula is C33H33NSb+. The molecule has 1 aromatic heterocycles. The summed E-state index contributed by atoms with van der Waals surface area (Å²) in [6.07, 6.45) is 2.26. The van der Waals surface area contributed by atoms with E-state index in [9.17, 15) is 0 Å². The Hall–Kier alpha value is -2.89. The van der Waals surface area contributed by atoms with Crippen LogP contribution in [-0.4, -0.2) is 20.2 Å². The number of nitrogens with zero attached hydrogens (tertiary/aromatic N) is 1. The second kappa shape index (κ2) is 9.63. The van der Waals surface area contributed by atoms with E-state index in [-0.39, 0.29) is 5.41 Å². The van der Waals surface area contributed by atoms with Gasteiger partial charge in [0.2, 0.25) is 0 Å². The fraction of sp³-hybridized carbons (Fsp3) is 0.182. The fourth-order valence-corrected chi connectivity index (χ4v) is 11.5. The maximum atomic E-state index is 2.48. The number of rotatable bonds is 4. The van der Waals surface area contributed by atoms with Crippen molar-refractivity contribution in [3.05, 3.63) is 120 Å². The quantitative estimate of drug-likeness (QED) is 0.202. The van der Waals surface area contributed by atoms with E-state index in [1.807, 2.05) is 0 Å². The number of aryl methyl sites for hydroxylation is 2. The van der Waals surface area contributed by atoms with Gasteiger partial charge in [-0.2, -0.15) is 0 Å². The van der Waals surface area contributed by atoms with Crippen molar-refractivity contribution in [1.82, 2.24) is 0 Å². The first-order valence-corrected chi connectivity index (χ1v) is 16.1. The van der Waals surface area contributed by atoms with Gasteiger partial charge in [-0.05, 0) is 0 Å². The molecule has 5 aromatic rings. The van der Waals surface area contributed by atoms with E-state index >= 15 is 0 Å². The Morgan fingerprint density at radius 1 is 0.629 bits per heavy atom. The zero-order chi connectivity index (χ0) is 24.6. The first-order chi connectivity index (χ1) is 16.8. The van der Waals surface area contributed by atoms with Crippen molar-refractivity contribution in [3.63, 3.8) is 0 Å². The van der Waals surface area contributed by atoms with Crippen LogP contribution in [0.3, 0.4) is 0 Å². The molecule has 0 aliphatic heterocycles. The Kier molecular flexibility index (Phi) is 6.56. The summed E-state index contributed by atoms with van der Waals surface area (Å²) >= 11 is -2.18. The second-order valence-electron chi connectivity index (χ2n) is 10.3. The molecule has 2 heteroatoms. The van der Waals surface area contributed by atoms with E-state index in [0.29, 0.717) is 0 Å². The number of aromatic nitrogens is 1. The van der Waals surface area contributed by atoms with E-state index in [1.165, 1.54) is 43.7 Å². The average molecular weight is 565 g/mol. The second-order valence-corrected chi connectivity index (χ2v) is 16.6. The number of hydrogen-bond acceptors (Lipinski definition) is 0. The van der Waals surface area contributed by atoms with Gasteiger partial charge in [-0.25, -0.2) is 0 Å². The SMILES string of the molecule is Cc1c(-c2c[c]([Sb]([c]3ccccc3)[c]3ccccc3)cc[n+]2C)cc(C(C)(C)C)c2ccccc12. The van der Waals surface area contributed by atoms with Crippen LogP contribution < -0.4 is 15.1 Å². The predicted molar refractivity (Wildman–Crippen MR) is 152 cm³/mol. The molecule has 0 spiro atoms. The minimum absolute atomic E-state index is 0.0619. The van der Waals surface area contributed by atoms with Crippen molar-refractivity contribution in [2.45, 2.75) is 33.1 Å². The van der Waals surface area contributed by atoms with E-state index in [0.717, 1.165) is 0 Å². The number of pyridine rings is 1. The molecule has 5 rings (SSSR count). The molecule has 0 aliphatic rings. The van der Waals surface area contributed by atoms with Crippen molar-refractivity contribution in [3.8, 4) is 11.3 Å². The first-order valence-electron chi connectivity index (χ1n) is 12.3. The van der Waals surface area contributed by atoms with Gasteiger partial charge in [0.1, 0.15) is 0 Å². The molecule has 0 amide bonds. The molecule has 0 fully saturated rings. The molecule has 0 saturated carbocycles. The Morgan fingerprint density at radius 3 is 1.74 bits per heavy atom. The van der Waals surface area contributed by atoms with Gasteiger partial charge < -0.3 is 0 Å². The summed E-state index contributed by atoms with van der Waals surface area (Å²) in [5, 5.41) is 2.72. The van der Waals surface area contributed by atoms with Gasteiger partial charge in [-0.15, -0.1) is 0 Å². The van der Waals surface area contributed by atoms with Gasteiger partial charge >= 0.3 is 218 Å². The van der Waals surface area contributed by atoms with Crippen LogP contribution in [0.5, 0.6) is 0 Å². The molecular weight excluding hydrogens is 532 g/mol. The topological polar surface area (TPSA) is 3.88 Å². The first kappa shape index (κ1) is 23.8. The normalized spacial score (nSPS) is 11.8. The van der Waals surface area contributed by atoms with Crippen molar-refractivity contribution >= 4 is 41.5 Å². The van der Waals surface area contributed by atoms with E-state index < -0.39 is 20.2 Å². The van der Waals surface area contributed by atoms with Crippen LogP contribution in [0.25, 0.3) is 22.0 Å². The van der Waals surface area contributed by atoms with Crippen molar-refractivity contribution in [1.29, 1.82) is 0 Å². The average Bonchev–Trinajstić information content (AvgIpc) is 2.86. The Bertz CT molecular complexity index is 1440. The van der Waals surface area contributed by atoms with Crippen molar-refractivity contribution < 1.29 is 4.57 Å². The van der Waals surface area contributed by atoms with Crippen LogP contribution in [0.2, 0.25) is 0 Å². The monoisotopic (exact) mass is 564 g/mol. The summed E-state index contributed by atoms with van der Waals surface area (Å²) in [4.78, 5) is 0. The third-order valence-electron chi connectivity index (χ3n) is 6.82. The van der Waals surface area contributed by atoms with Crippen LogP contribution in [0.15, 0.2) is 109 Å². The zero-order valence-corrected chi connectivity index (χ0v) is 23.8. The third kappa shape index (κ3) is 4.67. The van der Waals surface area contributed by atoms with E-state index in [4.69, 9.17) is 0 Å². The van der Waals surface area contributed by atoms with Crippen molar-refractivity contribution in [2.75, 3.05) is 0 Å². The minimum atomic E-state index is -2.18. The van der Waals surface area contributed by atoms with Gasteiger partial charge in [0.05, 0.1) is 0 Å². The molecule has 0 saturated heterocycles. The summed E-state index contributed by atoms with van der Waals surface area (Å²) in [6, 6.07) is 38.4. The molecule has 0 unspecified atom stereocenters. The van der Waals surface area contributed by atoms with Crippen LogP contribution >= 0.6 is 0 Å². The summed E-state index contributed by atoms with van der Waals surface area (Å²) in [7, 11) is 2.18.